The van der Waals surface area contributed by atoms with Crippen LogP contribution in [0.5, 0.6) is 0 Å². The van der Waals surface area contributed by atoms with Crippen LogP contribution >= 0.6 is 0 Å². The zero-order valence-electron chi connectivity index (χ0n) is 12.8. The van der Waals surface area contributed by atoms with E-state index in [0.717, 1.165) is 25.9 Å². The molecule has 4 unspecified atom stereocenters. The number of hydrogen-bond acceptors (Lipinski definition) is 3. The molecule has 2 N–H and O–H groups in total. The Morgan fingerprint density at radius 2 is 1.84 bits per heavy atom. The molecule has 2 fully saturated rings. The Morgan fingerprint density at radius 1 is 1.16 bits per heavy atom. The van der Waals surface area contributed by atoms with Crippen molar-refractivity contribution in [3.05, 3.63) is 0 Å². The van der Waals surface area contributed by atoms with Crippen molar-refractivity contribution in [2.75, 3.05) is 13.1 Å². The highest BCUT2D eigenvalue weighted by molar-refractivity contribution is 4.93. The molecule has 2 rings (SSSR count). The first-order chi connectivity index (χ1) is 8.92. The van der Waals surface area contributed by atoms with Crippen LogP contribution < -0.4 is 0 Å². The van der Waals surface area contributed by atoms with Crippen LogP contribution in [0, 0.1) is 11.8 Å². The first-order valence-corrected chi connectivity index (χ1v) is 8.06. The van der Waals surface area contributed by atoms with Crippen LogP contribution in [0.1, 0.15) is 59.3 Å². The Balaban J connectivity index is 2.00. The van der Waals surface area contributed by atoms with E-state index in [-0.39, 0.29) is 12.0 Å². The van der Waals surface area contributed by atoms with Gasteiger partial charge in [0.15, 0.2) is 0 Å². The summed E-state index contributed by atoms with van der Waals surface area (Å²) in [5, 5.41) is 20.8. The highest BCUT2D eigenvalue weighted by Gasteiger charge is 2.39. The minimum absolute atomic E-state index is 0.122. The predicted octanol–water partition coefficient (Wildman–Crippen LogP) is 2.41. The molecule has 0 spiro atoms. The van der Waals surface area contributed by atoms with Gasteiger partial charge in [-0.2, -0.15) is 0 Å². The van der Waals surface area contributed by atoms with Gasteiger partial charge in [-0.3, -0.25) is 4.90 Å². The monoisotopic (exact) mass is 269 g/mol. The van der Waals surface area contributed by atoms with Gasteiger partial charge >= 0.3 is 0 Å². The Bertz CT molecular complexity index is 290. The Kier molecular flexibility index (Phi) is 4.91. The molecule has 0 radical (unpaired) electrons. The molecule has 1 saturated carbocycles. The van der Waals surface area contributed by atoms with Gasteiger partial charge in [-0.1, -0.05) is 26.7 Å². The predicted molar refractivity (Wildman–Crippen MR) is 78.0 cm³/mol. The highest BCUT2D eigenvalue weighted by atomic mass is 16.3. The van der Waals surface area contributed by atoms with Gasteiger partial charge in [0.25, 0.3) is 0 Å². The smallest absolute Gasteiger partial charge is 0.0768 e. The average molecular weight is 269 g/mol. The normalized spacial score (nSPS) is 36.6. The van der Waals surface area contributed by atoms with Gasteiger partial charge in [0.2, 0.25) is 0 Å². The Hall–Kier alpha value is -0.120. The number of aliphatic hydroxyl groups is 2. The fourth-order valence-corrected chi connectivity index (χ4v) is 3.72. The van der Waals surface area contributed by atoms with E-state index in [1.165, 1.54) is 25.7 Å². The summed E-state index contributed by atoms with van der Waals surface area (Å²) in [5.74, 6) is 0.698. The largest absolute Gasteiger partial charge is 0.393 e. The van der Waals surface area contributed by atoms with E-state index in [4.69, 9.17) is 0 Å². The summed E-state index contributed by atoms with van der Waals surface area (Å²) in [4.78, 5) is 2.44. The van der Waals surface area contributed by atoms with Gasteiger partial charge in [-0.15, -0.1) is 0 Å². The van der Waals surface area contributed by atoms with E-state index in [9.17, 15) is 10.2 Å². The van der Waals surface area contributed by atoms with Gasteiger partial charge in [0, 0.05) is 18.5 Å². The summed E-state index contributed by atoms with van der Waals surface area (Å²) < 4.78 is 0. The number of likely N-dealkylation sites (tertiary alicyclic amines) is 1. The van der Waals surface area contributed by atoms with E-state index < -0.39 is 5.60 Å². The minimum Gasteiger partial charge on any atom is -0.393 e. The zero-order valence-corrected chi connectivity index (χ0v) is 12.8. The van der Waals surface area contributed by atoms with Crippen molar-refractivity contribution in [3.8, 4) is 0 Å². The lowest BCUT2D eigenvalue weighted by Crippen LogP contribution is -2.50. The van der Waals surface area contributed by atoms with Crippen LogP contribution in [-0.4, -0.2) is 45.9 Å². The van der Waals surface area contributed by atoms with Gasteiger partial charge in [0.05, 0.1) is 11.7 Å². The number of nitrogens with zero attached hydrogens (tertiary/aromatic N) is 1. The van der Waals surface area contributed by atoms with Crippen LogP contribution in [0.4, 0.5) is 0 Å². The second-order valence-corrected chi connectivity index (χ2v) is 7.21. The molecular weight excluding hydrogens is 238 g/mol. The topological polar surface area (TPSA) is 43.7 Å². The lowest BCUT2D eigenvalue weighted by atomic mass is 9.80. The van der Waals surface area contributed by atoms with E-state index in [2.05, 4.69) is 18.7 Å². The molecule has 1 saturated heterocycles. The molecule has 0 aromatic carbocycles. The fraction of sp³-hybridized carbons (Fsp3) is 1.00. The van der Waals surface area contributed by atoms with E-state index >= 15 is 0 Å². The molecule has 0 aromatic rings. The first kappa shape index (κ1) is 15.3. The molecule has 0 bridgehead atoms. The van der Waals surface area contributed by atoms with E-state index in [1.54, 1.807) is 0 Å². The molecule has 0 aromatic heterocycles. The van der Waals surface area contributed by atoms with Crippen LogP contribution in [0.2, 0.25) is 0 Å². The van der Waals surface area contributed by atoms with Gasteiger partial charge < -0.3 is 10.2 Å². The maximum Gasteiger partial charge on any atom is 0.0768 e. The second kappa shape index (κ2) is 6.11. The SMILES string of the molecule is CC(C)C(C)(O)CN1CCCC1C1CCCCC1O. The quantitative estimate of drug-likeness (QED) is 0.823. The van der Waals surface area contributed by atoms with Crippen molar-refractivity contribution in [1.82, 2.24) is 4.90 Å². The summed E-state index contributed by atoms with van der Waals surface area (Å²) >= 11 is 0. The van der Waals surface area contributed by atoms with Crippen LogP contribution in [-0.2, 0) is 0 Å². The van der Waals surface area contributed by atoms with Crippen molar-refractivity contribution in [2.24, 2.45) is 11.8 Å². The molecule has 1 aliphatic heterocycles. The Labute approximate surface area is 118 Å². The zero-order chi connectivity index (χ0) is 14.0. The second-order valence-electron chi connectivity index (χ2n) is 7.21. The molecule has 0 amide bonds. The summed E-state index contributed by atoms with van der Waals surface area (Å²) in [6.45, 7) is 7.95. The third kappa shape index (κ3) is 3.50. The molecule has 3 nitrogen and oxygen atoms in total. The summed E-state index contributed by atoms with van der Waals surface area (Å²) in [6, 6.07) is 0.487. The fourth-order valence-electron chi connectivity index (χ4n) is 3.72. The average Bonchev–Trinajstić information content (AvgIpc) is 2.77. The molecule has 112 valence electrons. The molecule has 4 atom stereocenters. The Morgan fingerprint density at radius 3 is 2.47 bits per heavy atom. The molecule has 19 heavy (non-hydrogen) atoms. The third-order valence-electron chi connectivity index (χ3n) is 5.46. The van der Waals surface area contributed by atoms with E-state index in [1.807, 2.05) is 6.92 Å². The third-order valence-corrected chi connectivity index (χ3v) is 5.46. The van der Waals surface area contributed by atoms with Gasteiger partial charge in [-0.25, -0.2) is 0 Å². The maximum absolute atomic E-state index is 10.5. The number of aliphatic hydroxyl groups excluding tert-OH is 1. The maximum atomic E-state index is 10.5. The van der Waals surface area contributed by atoms with Crippen LogP contribution in [0.25, 0.3) is 0 Å². The summed E-state index contributed by atoms with van der Waals surface area (Å²) in [6.07, 6.45) is 6.84. The van der Waals surface area contributed by atoms with Crippen molar-refractivity contribution in [2.45, 2.75) is 77.0 Å². The van der Waals surface area contributed by atoms with Crippen molar-refractivity contribution >= 4 is 0 Å². The molecular formula is C16H31NO2. The summed E-state index contributed by atoms with van der Waals surface area (Å²) in [5.41, 5.74) is -0.623. The van der Waals surface area contributed by atoms with Gasteiger partial charge in [-0.05, 0) is 45.1 Å². The van der Waals surface area contributed by atoms with E-state index in [0.29, 0.717) is 12.0 Å². The number of rotatable bonds is 4. The van der Waals surface area contributed by atoms with Crippen molar-refractivity contribution < 1.29 is 10.2 Å². The number of hydrogen-bond donors (Lipinski definition) is 2. The van der Waals surface area contributed by atoms with Crippen LogP contribution in [0.3, 0.4) is 0 Å². The number of β-amino-alcohol motifs (C(OH)–C–C–N with tert-alkyl or cyclic N) is 1. The molecule has 1 aliphatic carbocycles. The molecule has 3 heteroatoms. The minimum atomic E-state index is -0.623. The van der Waals surface area contributed by atoms with Crippen molar-refractivity contribution in [1.29, 1.82) is 0 Å². The lowest BCUT2D eigenvalue weighted by molar-refractivity contribution is -0.0423. The van der Waals surface area contributed by atoms with Gasteiger partial charge in [0.1, 0.15) is 0 Å². The first-order valence-electron chi connectivity index (χ1n) is 8.06. The lowest BCUT2D eigenvalue weighted by Gasteiger charge is -2.41. The highest BCUT2D eigenvalue weighted by Crippen LogP contribution is 2.35. The standard InChI is InChI=1S/C16H31NO2/c1-12(2)16(3,19)11-17-10-6-8-14(17)13-7-4-5-9-15(13)18/h12-15,18-19H,4-11H2,1-3H3. The van der Waals surface area contributed by atoms with Crippen LogP contribution in [0.15, 0.2) is 0 Å². The molecule has 2 aliphatic rings. The van der Waals surface area contributed by atoms with Crippen molar-refractivity contribution in [3.63, 3.8) is 0 Å². The summed E-state index contributed by atoms with van der Waals surface area (Å²) in [7, 11) is 0. The molecule has 1 heterocycles.